The fraction of sp³-hybridized carbons (Fsp3) is 0.263. The highest BCUT2D eigenvalue weighted by molar-refractivity contribution is 5.94. The van der Waals surface area contributed by atoms with E-state index in [1.54, 1.807) is 24.3 Å². The summed E-state index contributed by atoms with van der Waals surface area (Å²) in [5.41, 5.74) is 0.492. The van der Waals surface area contributed by atoms with E-state index in [0.717, 1.165) is 12.2 Å². The van der Waals surface area contributed by atoms with E-state index in [-0.39, 0.29) is 11.9 Å². The van der Waals surface area contributed by atoms with Gasteiger partial charge in [0.1, 0.15) is 11.5 Å². The monoisotopic (exact) mass is 325 g/mol. The Labute approximate surface area is 140 Å². The maximum Gasteiger partial charge on any atom is 0.308 e. The number of hydrogen-bond acceptors (Lipinski definition) is 3. The number of carboxylic acids is 1. The number of amides is 1. The molecule has 2 atom stereocenters. The van der Waals surface area contributed by atoms with Crippen LogP contribution < -0.4 is 10.1 Å². The Morgan fingerprint density at radius 3 is 2.29 bits per heavy atom. The van der Waals surface area contributed by atoms with Gasteiger partial charge < -0.3 is 15.2 Å². The molecule has 3 rings (SSSR count). The maximum absolute atomic E-state index is 12.3. The molecule has 0 radical (unpaired) electrons. The van der Waals surface area contributed by atoms with Crippen molar-refractivity contribution in [3.63, 3.8) is 0 Å². The standard InChI is InChI=1S/C19H19NO4/c21-18(20-17-8-4-7-16(17)19(22)23)13-9-11-15(12-10-13)24-14-5-2-1-3-6-14/h1-3,5-6,9-12,16-17H,4,7-8H2,(H,20,21)(H,22,23)/t16-,17+/m1/s1. The van der Waals surface area contributed by atoms with E-state index < -0.39 is 11.9 Å². The van der Waals surface area contributed by atoms with E-state index >= 15 is 0 Å². The summed E-state index contributed by atoms with van der Waals surface area (Å²) in [4.78, 5) is 23.5. The number of hydrogen-bond donors (Lipinski definition) is 2. The molecule has 0 unspecified atom stereocenters. The molecule has 1 aliphatic rings. The van der Waals surface area contributed by atoms with Gasteiger partial charge in [-0.05, 0) is 49.2 Å². The van der Waals surface area contributed by atoms with E-state index in [1.165, 1.54) is 0 Å². The number of aliphatic carboxylic acids is 1. The number of carbonyl (C=O) groups is 2. The SMILES string of the molecule is O=C(N[C@H]1CCC[C@H]1C(=O)O)c1ccc(Oc2ccccc2)cc1. The number of para-hydroxylation sites is 1. The lowest BCUT2D eigenvalue weighted by Crippen LogP contribution is -2.40. The van der Waals surface area contributed by atoms with Crippen molar-refractivity contribution in [2.45, 2.75) is 25.3 Å². The second-order valence-corrected chi connectivity index (χ2v) is 5.90. The predicted molar refractivity (Wildman–Crippen MR) is 89.2 cm³/mol. The normalized spacial score (nSPS) is 19.7. The Hall–Kier alpha value is -2.82. The van der Waals surface area contributed by atoms with Crippen molar-refractivity contribution in [2.24, 2.45) is 5.92 Å². The summed E-state index contributed by atoms with van der Waals surface area (Å²) in [6.07, 6.45) is 2.15. The minimum absolute atomic E-state index is 0.251. The van der Waals surface area contributed by atoms with Gasteiger partial charge in [-0.3, -0.25) is 9.59 Å². The van der Waals surface area contributed by atoms with E-state index in [0.29, 0.717) is 24.2 Å². The largest absolute Gasteiger partial charge is 0.481 e. The van der Waals surface area contributed by atoms with Gasteiger partial charge in [0.2, 0.25) is 0 Å². The summed E-state index contributed by atoms with van der Waals surface area (Å²) in [5.74, 6) is -0.217. The van der Waals surface area contributed by atoms with Gasteiger partial charge >= 0.3 is 5.97 Å². The van der Waals surface area contributed by atoms with Gasteiger partial charge in [-0.15, -0.1) is 0 Å². The lowest BCUT2D eigenvalue weighted by atomic mass is 10.0. The number of ether oxygens (including phenoxy) is 1. The van der Waals surface area contributed by atoms with Gasteiger partial charge in [-0.1, -0.05) is 24.6 Å². The van der Waals surface area contributed by atoms with Crippen molar-refractivity contribution >= 4 is 11.9 Å². The fourth-order valence-corrected chi connectivity index (χ4v) is 2.98. The molecule has 0 saturated heterocycles. The lowest BCUT2D eigenvalue weighted by molar-refractivity contribution is -0.142. The summed E-state index contributed by atoms with van der Waals surface area (Å²) in [7, 11) is 0. The first kappa shape index (κ1) is 16.1. The predicted octanol–water partition coefficient (Wildman–Crippen LogP) is 3.46. The first-order valence-corrected chi connectivity index (χ1v) is 8.00. The molecule has 1 fully saturated rings. The first-order valence-electron chi connectivity index (χ1n) is 8.00. The summed E-state index contributed by atoms with van der Waals surface area (Å²) in [5, 5.41) is 12.0. The Morgan fingerprint density at radius 2 is 1.62 bits per heavy atom. The molecule has 5 heteroatoms. The highest BCUT2D eigenvalue weighted by Gasteiger charge is 2.33. The molecule has 24 heavy (non-hydrogen) atoms. The zero-order chi connectivity index (χ0) is 16.9. The van der Waals surface area contributed by atoms with Crippen LogP contribution in [-0.4, -0.2) is 23.0 Å². The average molecular weight is 325 g/mol. The van der Waals surface area contributed by atoms with Gasteiger partial charge in [-0.2, -0.15) is 0 Å². The molecule has 0 heterocycles. The van der Waals surface area contributed by atoms with Gasteiger partial charge in [0.05, 0.1) is 5.92 Å². The third-order valence-electron chi connectivity index (χ3n) is 4.25. The van der Waals surface area contributed by atoms with Crippen molar-refractivity contribution in [3.05, 3.63) is 60.2 Å². The minimum atomic E-state index is -0.843. The van der Waals surface area contributed by atoms with Crippen molar-refractivity contribution in [2.75, 3.05) is 0 Å². The highest BCUT2D eigenvalue weighted by atomic mass is 16.5. The molecule has 0 bridgehead atoms. The molecular formula is C19H19NO4. The van der Waals surface area contributed by atoms with E-state index in [2.05, 4.69) is 5.32 Å². The number of carbonyl (C=O) groups excluding carboxylic acids is 1. The topological polar surface area (TPSA) is 75.6 Å². The lowest BCUT2D eigenvalue weighted by Gasteiger charge is -2.17. The Kier molecular flexibility index (Phi) is 4.79. The van der Waals surface area contributed by atoms with Crippen molar-refractivity contribution in [1.82, 2.24) is 5.32 Å². The molecule has 1 saturated carbocycles. The molecule has 2 aromatic rings. The smallest absolute Gasteiger partial charge is 0.308 e. The molecule has 0 spiro atoms. The second-order valence-electron chi connectivity index (χ2n) is 5.90. The first-order chi connectivity index (χ1) is 11.6. The van der Waals surface area contributed by atoms with E-state index in [1.807, 2.05) is 30.3 Å². The maximum atomic E-state index is 12.3. The van der Waals surface area contributed by atoms with Crippen LogP contribution in [0.4, 0.5) is 0 Å². The van der Waals surface area contributed by atoms with Crippen LogP contribution in [0.25, 0.3) is 0 Å². The van der Waals surface area contributed by atoms with Gasteiger partial charge in [-0.25, -0.2) is 0 Å². The van der Waals surface area contributed by atoms with Crippen LogP contribution in [-0.2, 0) is 4.79 Å². The number of rotatable bonds is 5. The second kappa shape index (κ2) is 7.17. The molecular weight excluding hydrogens is 306 g/mol. The van der Waals surface area contributed by atoms with Gasteiger partial charge in [0, 0.05) is 11.6 Å². The summed E-state index contributed by atoms with van der Waals surface area (Å²) >= 11 is 0. The van der Waals surface area contributed by atoms with Crippen LogP contribution in [0.2, 0.25) is 0 Å². The third kappa shape index (κ3) is 3.74. The molecule has 0 aromatic heterocycles. The Balaban J connectivity index is 1.62. The van der Waals surface area contributed by atoms with Crippen molar-refractivity contribution in [1.29, 1.82) is 0 Å². The number of carboxylic acid groups (broad SMARTS) is 1. The fourth-order valence-electron chi connectivity index (χ4n) is 2.98. The quantitative estimate of drug-likeness (QED) is 0.882. The van der Waals surface area contributed by atoms with Crippen LogP contribution in [0.15, 0.2) is 54.6 Å². The average Bonchev–Trinajstić information content (AvgIpc) is 3.05. The molecule has 1 aliphatic carbocycles. The van der Waals surface area contributed by atoms with Gasteiger partial charge in [0.15, 0.2) is 0 Å². The van der Waals surface area contributed by atoms with E-state index in [4.69, 9.17) is 4.74 Å². The summed E-state index contributed by atoms with van der Waals surface area (Å²) in [6, 6.07) is 15.9. The van der Waals surface area contributed by atoms with Crippen LogP contribution in [0.5, 0.6) is 11.5 Å². The minimum Gasteiger partial charge on any atom is -0.481 e. The molecule has 2 aromatic carbocycles. The molecule has 0 aliphatic heterocycles. The van der Waals surface area contributed by atoms with E-state index in [9.17, 15) is 14.7 Å². The molecule has 124 valence electrons. The molecule has 5 nitrogen and oxygen atoms in total. The van der Waals surface area contributed by atoms with Crippen molar-refractivity contribution in [3.8, 4) is 11.5 Å². The molecule has 2 N–H and O–H groups in total. The number of benzene rings is 2. The van der Waals surface area contributed by atoms with Crippen molar-refractivity contribution < 1.29 is 19.4 Å². The summed E-state index contributed by atoms with van der Waals surface area (Å²) < 4.78 is 5.69. The third-order valence-corrected chi connectivity index (χ3v) is 4.25. The Morgan fingerprint density at radius 1 is 0.958 bits per heavy atom. The van der Waals surface area contributed by atoms with Crippen LogP contribution in [0, 0.1) is 5.92 Å². The Bertz CT molecular complexity index is 712. The zero-order valence-corrected chi connectivity index (χ0v) is 13.1. The zero-order valence-electron chi connectivity index (χ0n) is 13.1. The van der Waals surface area contributed by atoms with Crippen LogP contribution in [0.1, 0.15) is 29.6 Å². The van der Waals surface area contributed by atoms with Crippen LogP contribution >= 0.6 is 0 Å². The van der Waals surface area contributed by atoms with Crippen LogP contribution in [0.3, 0.4) is 0 Å². The highest BCUT2D eigenvalue weighted by Crippen LogP contribution is 2.26. The molecule has 1 amide bonds. The number of nitrogens with one attached hydrogen (secondary N) is 1. The van der Waals surface area contributed by atoms with Gasteiger partial charge in [0.25, 0.3) is 5.91 Å². The summed E-state index contributed by atoms with van der Waals surface area (Å²) in [6.45, 7) is 0.